The zero-order chi connectivity index (χ0) is 16.9. The lowest BCUT2D eigenvalue weighted by Gasteiger charge is -1.95. The van der Waals surface area contributed by atoms with Crippen molar-refractivity contribution in [3.8, 4) is 0 Å². The Morgan fingerprint density at radius 1 is 0.773 bits per heavy atom. The number of anilines is 2. The molecule has 0 bridgehead atoms. The molecule has 0 unspecified atom stereocenters. The standard InChI is InChI=1S/2C6H5IN2O2/c2*7-5-3-4(9(10)11)1-2-6(5)8/h2*1-3H,8H2. The van der Waals surface area contributed by atoms with E-state index in [-0.39, 0.29) is 11.4 Å². The molecule has 0 amide bonds. The van der Waals surface area contributed by atoms with Crippen LogP contribution in [0.2, 0.25) is 0 Å². The number of rotatable bonds is 2. The number of nitrogens with two attached hydrogens (primary N) is 2. The average Bonchev–Trinajstić information content (AvgIpc) is 2.45. The molecule has 4 N–H and O–H groups in total. The second-order valence-corrected chi connectivity index (χ2v) is 6.25. The van der Waals surface area contributed by atoms with E-state index in [4.69, 9.17) is 11.5 Å². The normalized spacial score (nSPS) is 9.55. The summed E-state index contributed by atoms with van der Waals surface area (Å²) in [5.41, 5.74) is 12.2. The third-order valence-corrected chi connectivity index (χ3v) is 4.26. The average molecular weight is 528 g/mol. The van der Waals surface area contributed by atoms with Crippen LogP contribution >= 0.6 is 45.2 Å². The fourth-order valence-electron chi connectivity index (χ4n) is 1.26. The van der Waals surface area contributed by atoms with Gasteiger partial charge in [-0.25, -0.2) is 0 Å². The highest BCUT2D eigenvalue weighted by atomic mass is 127. The van der Waals surface area contributed by atoms with Crippen LogP contribution in [0.4, 0.5) is 22.7 Å². The van der Waals surface area contributed by atoms with E-state index in [1.807, 2.05) is 45.2 Å². The zero-order valence-corrected chi connectivity index (χ0v) is 15.2. The summed E-state index contributed by atoms with van der Waals surface area (Å²) in [6.45, 7) is 0. The van der Waals surface area contributed by atoms with E-state index >= 15 is 0 Å². The minimum atomic E-state index is -0.443. The topological polar surface area (TPSA) is 138 Å². The quantitative estimate of drug-likeness (QED) is 0.265. The van der Waals surface area contributed by atoms with Crippen LogP contribution in [0.15, 0.2) is 36.4 Å². The smallest absolute Gasteiger partial charge is 0.270 e. The largest absolute Gasteiger partial charge is 0.398 e. The van der Waals surface area contributed by atoms with Crippen LogP contribution in [0.25, 0.3) is 0 Å². The summed E-state index contributed by atoms with van der Waals surface area (Å²) in [6, 6.07) is 8.71. The van der Waals surface area contributed by atoms with Crippen LogP contribution in [0, 0.1) is 27.4 Å². The number of benzene rings is 2. The Morgan fingerprint density at radius 2 is 1.09 bits per heavy atom. The molecule has 0 aromatic heterocycles. The lowest BCUT2D eigenvalue weighted by molar-refractivity contribution is -0.385. The molecule has 0 spiro atoms. The highest BCUT2D eigenvalue weighted by Crippen LogP contribution is 2.21. The van der Waals surface area contributed by atoms with Crippen molar-refractivity contribution in [2.45, 2.75) is 0 Å². The maximum absolute atomic E-state index is 10.2. The first-order valence-corrected chi connectivity index (χ1v) is 7.77. The van der Waals surface area contributed by atoms with E-state index in [1.54, 1.807) is 0 Å². The van der Waals surface area contributed by atoms with Crippen molar-refractivity contribution < 1.29 is 9.85 Å². The predicted octanol–water partition coefficient (Wildman–Crippen LogP) is 3.56. The number of hydrogen-bond acceptors (Lipinski definition) is 6. The number of nitrogen functional groups attached to an aromatic ring is 2. The van der Waals surface area contributed by atoms with Gasteiger partial charge in [0.1, 0.15) is 0 Å². The van der Waals surface area contributed by atoms with Gasteiger partial charge in [-0.05, 0) is 57.3 Å². The van der Waals surface area contributed by atoms with Crippen LogP contribution in [-0.2, 0) is 0 Å². The van der Waals surface area contributed by atoms with Crippen molar-refractivity contribution in [3.05, 3.63) is 63.8 Å². The summed E-state index contributed by atoms with van der Waals surface area (Å²) in [6.07, 6.45) is 0. The van der Waals surface area contributed by atoms with Crippen LogP contribution in [0.3, 0.4) is 0 Å². The van der Waals surface area contributed by atoms with Gasteiger partial charge in [-0.2, -0.15) is 0 Å². The van der Waals surface area contributed by atoms with Crippen molar-refractivity contribution in [1.82, 2.24) is 0 Å². The van der Waals surface area contributed by atoms with Gasteiger partial charge in [-0.1, -0.05) is 0 Å². The highest BCUT2D eigenvalue weighted by molar-refractivity contribution is 14.1. The molecule has 0 aliphatic carbocycles. The molecule has 0 radical (unpaired) electrons. The zero-order valence-electron chi connectivity index (χ0n) is 10.9. The van der Waals surface area contributed by atoms with Gasteiger partial charge in [-0.3, -0.25) is 20.2 Å². The Bertz CT molecular complexity index is 663. The SMILES string of the molecule is Nc1ccc([N+](=O)[O-])cc1I.Nc1ccc([N+](=O)[O-])cc1I. The third-order valence-electron chi connectivity index (χ3n) is 2.39. The van der Waals surface area contributed by atoms with Gasteiger partial charge < -0.3 is 11.5 Å². The second kappa shape index (κ2) is 8.07. The van der Waals surface area contributed by atoms with E-state index in [0.29, 0.717) is 18.5 Å². The molecule has 116 valence electrons. The monoisotopic (exact) mass is 528 g/mol. The van der Waals surface area contributed by atoms with Crippen LogP contribution in [0.5, 0.6) is 0 Å². The Kier molecular flexibility index (Phi) is 6.73. The van der Waals surface area contributed by atoms with E-state index in [2.05, 4.69) is 0 Å². The molecular weight excluding hydrogens is 518 g/mol. The van der Waals surface area contributed by atoms with Crippen molar-refractivity contribution in [2.24, 2.45) is 0 Å². The molecule has 2 aromatic rings. The molecule has 2 rings (SSSR count). The molecule has 8 nitrogen and oxygen atoms in total. The summed E-state index contributed by atoms with van der Waals surface area (Å²) in [5, 5.41) is 20.5. The number of halogens is 2. The van der Waals surface area contributed by atoms with Gasteiger partial charge in [0.05, 0.1) is 9.85 Å². The van der Waals surface area contributed by atoms with E-state index < -0.39 is 9.85 Å². The van der Waals surface area contributed by atoms with Gasteiger partial charge in [0.2, 0.25) is 0 Å². The molecule has 10 heteroatoms. The number of nitrogens with zero attached hydrogens (tertiary/aromatic N) is 2. The lowest BCUT2D eigenvalue weighted by Crippen LogP contribution is -1.92. The summed E-state index contributed by atoms with van der Waals surface area (Å²) in [4.78, 5) is 19.6. The second-order valence-electron chi connectivity index (χ2n) is 3.93. The third kappa shape index (κ3) is 5.25. The van der Waals surface area contributed by atoms with Gasteiger partial charge in [0.15, 0.2) is 0 Å². The summed E-state index contributed by atoms with van der Waals surface area (Å²) >= 11 is 3.91. The minimum absolute atomic E-state index is 0.0728. The van der Waals surface area contributed by atoms with Gasteiger partial charge in [-0.15, -0.1) is 0 Å². The Hall–Kier alpha value is -1.70. The molecule has 2 aromatic carbocycles. The summed E-state index contributed by atoms with van der Waals surface area (Å²) in [5.74, 6) is 0. The van der Waals surface area contributed by atoms with E-state index in [9.17, 15) is 20.2 Å². The number of nitro groups is 2. The molecule has 0 atom stereocenters. The van der Waals surface area contributed by atoms with Crippen LogP contribution < -0.4 is 11.5 Å². The maximum atomic E-state index is 10.2. The van der Waals surface area contributed by atoms with Gasteiger partial charge >= 0.3 is 0 Å². The van der Waals surface area contributed by atoms with Gasteiger partial charge in [0, 0.05) is 42.8 Å². The van der Waals surface area contributed by atoms with Crippen LogP contribution in [0.1, 0.15) is 0 Å². The molecule has 0 saturated heterocycles. The lowest BCUT2D eigenvalue weighted by atomic mass is 10.3. The molecular formula is C12H10I2N4O4. The predicted molar refractivity (Wildman–Crippen MR) is 100 cm³/mol. The Labute approximate surface area is 152 Å². The molecule has 0 saturated carbocycles. The number of nitro benzene ring substituents is 2. The first-order chi connectivity index (χ1) is 10.2. The first-order valence-electron chi connectivity index (χ1n) is 5.61. The summed E-state index contributed by atoms with van der Waals surface area (Å²) in [7, 11) is 0. The number of non-ortho nitro benzene ring substituents is 2. The molecule has 0 aliphatic heterocycles. The first kappa shape index (κ1) is 18.3. The van der Waals surface area contributed by atoms with Crippen molar-refractivity contribution in [3.63, 3.8) is 0 Å². The molecule has 0 aliphatic rings. The van der Waals surface area contributed by atoms with E-state index in [0.717, 1.165) is 0 Å². The van der Waals surface area contributed by atoms with Crippen molar-refractivity contribution in [2.75, 3.05) is 11.5 Å². The molecule has 0 heterocycles. The number of hydrogen-bond donors (Lipinski definition) is 2. The van der Waals surface area contributed by atoms with Crippen LogP contribution in [-0.4, -0.2) is 9.85 Å². The Morgan fingerprint density at radius 3 is 1.32 bits per heavy atom. The van der Waals surface area contributed by atoms with Crippen molar-refractivity contribution in [1.29, 1.82) is 0 Å². The minimum Gasteiger partial charge on any atom is -0.398 e. The van der Waals surface area contributed by atoms with Gasteiger partial charge in [0.25, 0.3) is 11.4 Å². The molecule has 22 heavy (non-hydrogen) atoms. The highest BCUT2D eigenvalue weighted by Gasteiger charge is 2.06. The van der Waals surface area contributed by atoms with Crippen molar-refractivity contribution >= 4 is 67.9 Å². The fourth-order valence-corrected chi connectivity index (χ4v) is 2.26. The fraction of sp³-hybridized carbons (Fsp3) is 0. The van der Waals surface area contributed by atoms with E-state index in [1.165, 1.54) is 36.4 Å². The maximum Gasteiger partial charge on any atom is 0.270 e. The summed E-state index contributed by atoms with van der Waals surface area (Å²) < 4.78 is 1.41. The molecule has 0 fully saturated rings. The Balaban J connectivity index is 0.000000220.